The van der Waals surface area contributed by atoms with E-state index in [4.69, 9.17) is 13.8 Å². The summed E-state index contributed by atoms with van der Waals surface area (Å²) in [5, 5.41) is 2.07. The van der Waals surface area contributed by atoms with Gasteiger partial charge in [-0.3, -0.25) is 0 Å². The van der Waals surface area contributed by atoms with Crippen molar-refractivity contribution in [1.82, 2.24) is 9.55 Å². The maximum Gasteiger partial charge on any atom is 0.135 e. The van der Waals surface area contributed by atoms with Gasteiger partial charge in [0.1, 0.15) is 5.82 Å². The van der Waals surface area contributed by atoms with Crippen molar-refractivity contribution < 1.29 is 36.8 Å². The van der Waals surface area contributed by atoms with Crippen molar-refractivity contribution in [3.8, 4) is 50.7 Å². The van der Waals surface area contributed by atoms with Gasteiger partial charge in [-0.2, -0.15) is 12.1 Å². The normalized spacial score (nSPS) is 16.6. The maximum atomic E-state index is 10.3. The van der Waals surface area contributed by atoms with Crippen molar-refractivity contribution >= 4 is 44.6 Å². The average molecular weight is 1250 g/mol. The molecule has 0 unspecified atom stereocenters. The Morgan fingerprint density at radius 1 is 0.654 bits per heavy atom. The fourth-order valence-electron chi connectivity index (χ4n) is 11.8. The molecule has 12 rings (SSSR count). The van der Waals surface area contributed by atoms with E-state index in [1.165, 1.54) is 11.1 Å². The SMILES string of the molecule is [2H]c1c([2H])c(-c2ccc(C(C)(C)C)cc2)c(C([2H])([2H])[2H])c([2H])c1-c1cc(C([2H])([2H])C(C)C)cc(-c2ccc3c(c2)C(C)(C)CCC3(C)C)c1N1[CH-]N(c2[c-]c(Oc3[c-]c4c(cc3)c3ccccc3n4-c3cc(C(C)(C)C)ccn3)ccc2)c2ccccc21.[Pt]. The van der Waals surface area contributed by atoms with E-state index in [2.05, 4.69) is 134 Å². The number of aromatic nitrogens is 2. The third-order valence-corrected chi connectivity index (χ3v) is 16.4. The summed E-state index contributed by atoms with van der Waals surface area (Å²) in [6.45, 7) is 24.6. The van der Waals surface area contributed by atoms with E-state index in [1.54, 1.807) is 18.2 Å². The molecule has 0 spiro atoms. The van der Waals surface area contributed by atoms with E-state index in [9.17, 15) is 6.85 Å². The Morgan fingerprint density at radius 3 is 2.04 bits per heavy atom. The molecular weight excluding hydrogens is 1170 g/mol. The zero-order valence-corrected chi connectivity index (χ0v) is 50.8. The fraction of sp³-hybridized carbons (Fsp3) is 0.280. The number of nitrogens with zero attached hydrogens (tertiary/aromatic N) is 4. The van der Waals surface area contributed by atoms with Gasteiger partial charge in [0.2, 0.25) is 0 Å². The van der Waals surface area contributed by atoms with Gasteiger partial charge in [-0.15, -0.1) is 48.1 Å². The topological polar surface area (TPSA) is 33.5 Å². The van der Waals surface area contributed by atoms with Crippen molar-refractivity contribution in [2.24, 2.45) is 5.92 Å². The molecule has 1 aliphatic heterocycles. The largest absolute Gasteiger partial charge is 0.509 e. The Hall–Kier alpha value is -7.20. The number of rotatable bonds is 10. The average Bonchev–Trinajstić information content (AvgIpc) is 1.56. The number of pyridine rings is 1. The molecule has 0 radical (unpaired) electrons. The van der Waals surface area contributed by atoms with Crippen LogP contribution in [-0.2, 0) is 49.1 Å². The number of para-hydroxylation sites is 3. The number of ether oxygens (including phenoxy) is 1. The van der Waals surface area contributed by atoms with Crippen molar-refractivity contribution in [2.75, 3.05) is 9.80 Å². The summed E-state index contributed by atoms with van der Waals surface area (Å²) in [4.78, 5) is 8.88. The third kappa shape index (κ3) is 10.5. The van der Waals surface area contributed by atoms with Crippen molar-refractivity contribution in [3.05, 3.63) is 222 Å². The van der Waals surface area contributed by atoms with Gasteiger partial charge in [-0.05, 0) is 157 Å². The van der Waals surface area contributed by atoms with Gasteiger partial charge >= 0.3 is 0 Å². The second kappa shape index (κ2) is 21.0. The monoisotopic (exact) mass is 1250 g/mol. The Bertz CT molecular complexity index is 4420. The third-order valence-electron chi connectivity index (χ3n) is 16.4. The van der Waals surface area contributed by atoms with Gasteiger partial charge in [0.15, 0.2) is 0 Å². The molecule has 2 aliphatic rings. The molecule has 5 nitrogen and oxygen atoms in total. The zero-order chi connectivity index (χ0) is 62.9. The molecule has 0 fully saturated rings. The predicted octanol–water partition coefficient (Wildman–Crippen LogP) is 20.4. The van der Waals surface area contributed by atoms with Crippen LogP contribution in [0, 0.1) is 31.6 Å². The molecule has 0 saturated carbocycles. The van der Waals surface area contributed by atoms with Gasteiger partial charge in [0, 0.05) is 79.3 Å². The number of anilines is 4. The molecule has 3 heterocycles. The molecule has 6 heteroatoms. The van der Waals surface area contributed by atoms with E-state index >= 15 is 0 Å². The zero-order valence-electron chi connectivity index (χ0n) is 56.5. The molecule has 0 amide bonds. The quantitative estimate of drug-likeness (QED) is 0.128. The molecule has 0 N–H and O–H groups in total. The van der Waals surface area contributed by atoms with Gasteiger partial charge in [-0.1, -0.05) is 180 Å². The molecule has 2 aromatic heterocycles. The molecule has 0 atom stereocenters. The minimum absolute atomic E-state index is 0. The van der Waals surface area contributed by atoms with Crippen LogP contribution in [0.25, 0.3) is 61.0 Å². The Balaban J connectivity index is 0.00000817. The summed E-state index contributed by atoms with van der Waals surface area (Å²) >= 11 is 0. The molecule has 10 aromatic rings. The van der Waals surface area contributed by atoms with E-state index in [0.29, 0.717) is 39.6 Å². The standard InChI is InChI=1S/C75H75N4O.Pt/c1-48(2)39-50-41-62(52-27-32-59(49(3)40-52)51-25-29-54(30-26-51)72(4,5)6)71(63(42-50)53-28-34-64-65(43-53)75(12,13)37-36-74(64,10)11)78-47-77(67-23-16-17-24-68(67)78)56-19-18-20-57(45-56)80-58-31-33-61-60-21-14-15-22-66(60)79(69(61)46-58)70-44-55(35-38-76-70)73(7,8)9;/h14-35,38,40-44,47-48H,36-37,39H2,1-13H3;/q-3;/i3D3,27D,32D,39D2,40D;. The number of hydrogen-bond donors (Lipinski definition) is 0. The maximum absolute atomic E-state index is 10.3. The summed E-state index contributed by atoms with van der Waals surface area (Å²) in [6, 6.07) is 53.7. The van der Waals surface area contributed by atoms with Crippen LogP contribution in [0.5, 0.6) is 11.5 Å². The van der Waals surface area contributed by atoms with E-state index < -0.39 is 25.2 Å². The first-order valence-corrected chi connectivity index (χ1v) is 28.1. The smallest absolute Gasteiger partial charge is 0.135 e. The molecule has 81 heavy (non-hydrogen) atoms. The van der Waals surface area contributed by atoms with Gasteiger partial charge in [0.25, 0.3) is 0 Å². The fourth-order valence-corrected chi connectivity index (χ4v) is 11.8. The minimum Gasteiger partial charge on any atom is -0.509 e. The van der Waals surface area contributed by atoms with Crippen molar-refractivity contribution in [3.63, 3.8) is 0 Å². The van der Waals surface area contributed by atoms with Crippen LogP contribution in [-0.4, -0.2) is 9.55 Å². The van der Waals surface area contributed by atoms with Crippen LogP contribution in [0.1, 0.15) is 140 Å². The summed E-state index contributed by atoms with van der Waals surface area (Å²) in [6.07, 6.45) is 1.86. The van der Waals surface area contributed by atoms with Crippen LogP contribution in [0.2, 0.25) is 0 Å². The molecule has 1 aliphatic carbocycles. The number of fused-ring (bicyclic) bond motifs is 5. The van der Waals surface area contributed by atoms with E-state index in [0.717, 1.165) is 68.5 Å². The minimum atomic E-state index is -2.90. The van der Waals surface area contributed by atoms with Gasteiger partial charge in [0.05, 0.1) is 4.11 Å². The molecular formula is C75H75N4OPt-3. The summed E-state index contributed by atoms with van der Waals surface area (Å²) in [7, 11) is 0. The first-order valence-electron chi connectivity index (χ1n) is 32.1. The Kier molecular flexibility index (Phi) is 12.0. The predicted molar refractivity (Wildman–Crippen MR) is 336 cm³/mol. The molecule has 414 valence electrons. The van der Waals surface area contributed by atoms with Crippen LogP contribution < -0.4 is 14.5 Å². The summed E-state index contributed by atoms with van der Waals surface area (Å²) < 4.78 is 86.1. The second-order valence-corrected chi connectivity index (χ2v) is 25.5. The van der Waals surface area contributed by atoms with Crippen LogP contribution in [0.3, 0.4) is 0 Å². The van der Waals surface area contributed by atoms with Crippen LogP contribution in [0.4, 0.5) is 22.7 Å². The molecule has 0 bridgehead atoms. The number of benzene rings is 8. The van der Waals surface area contributed by atoms with Crippen LogP contribution >= 0.6 is 0 Å². The molecule has 0 saturated heterocycles. The van der Waals surface area contributed by atoms with Crippen molar-refractivity contribution in [2.45, 2.75) is 131 Å². The van der Waals surface area contributed by atoms with Gasteiger partial charge in [-0.25, -0.2) is 4.98 Å². The summed E-state index contributed by atoms with van der Waals surface area (Å²) in [5.41, 5.74) is 10.3. The van der Waals surface area contributed by atoms with E-state index in [-0.39, 0.29) is 77.1 Å². The van der Waals surface area contributed by atoms with E-state index in [1.807, 2.05) is 115 Å². The first kappa shape index (κ1) is 46.4. The first-order chi connectivity index (χ1) is 41.3. The second-order valence-electron chi connectivity index (χ2n) is 25.5. The Labute approximate surface area is 507 Å². The molecule has 8 aromatic carbocycles. The van der Waals surface area contributed by atoms with Crippen molar-refractivity contribution in [1.29, 1.82) is 0 Å². The Morgan fingerprint density at radius 2 is 1.32 bits per heavy atom. The summed E-state index contributed by atoms with van der Waals surface area (Å²) in [5.74, 6) is 1.16. The number of hydrogen-bond acceptors (Lipinski definition) is 4. The van der Waals surface area contributed by atoms with Gasteiger partial charge < -0.3 is 19.1 Å². The van der Waals surface area contributed by atoms with Crippen LogP contribution in [0.15, 0.2) is 170 Å².